The van der Waals surface area contributed by atoms with Crippen LogP contribution >= 0.6 is 0 Å². The van der Waals surface area contributed by atoms with Crippen LogP contribution in [0.25, 0.3) is 0 Å². The van der Waals surface area contributed by atoms with Gasteiger partial charge >= 0.3 is 0 Å². The average Bonchev–Trinajstić information content (AvgIpc) is 2.71. The van der Waals surface area contributed by atoms with Gasteiger partial charge in [-0.05, 0) is 31.4 Å². The molecule has 1 fully saturated rings. The smallest absolute Gasteiger partial charge is 0.164 e. The number of ether oxygens (including phenoxy) is 1. The lowest BCUT2D eigenvalue weighted by atomic mass is 9.98. The minimum absolute atomic E-state index is 0.179. The number of carbonyl (C=O) groups is 1. The lowest BCUT2D eigenvalue weighted by molar-refractivity contribution is 0.0952. The number of rotatable bonds is 3. The van der Waals surface area contributed by atoms with Crippen LogP contribution in [0.15, 0.2) is 18.3 Å². The van der Waals surface area contributed by atoms with Crippen molar-refractivity contribution >= 4 is 5.78 Å². The molecule has 0 aliphatic carbocycles. The van der Waals surface area contributed by atoms with Crippen LogP contribution in [0.1, 0.15) is 28.9 Å². The van der Waals surface area contributed by atoms with E-state index in [-0.39, 0.29) is 5.78 Å². The molecule has 0 spiro atoms. The van der Waals surface area contributed by atoms with Gasteiger partial charge < -0.3 is 4.74 Å². The standard InChI is InChI=1S/C12H15NO2/c1-9-2-3-11(7-13-9)12(14)6-10-4-5-15-8-10/h2-3,7,10H,4-6,8H2,1H3. The van der Waals surface area contributed by atoms with Crippen LogP contribution in [0.2, 0.25) is 0 Å². The molecule has 15 heavy (non-hydrogen) atoms. The number of hydrogen-bond acceptors (Lipinski definition) is 3. The summed E-state index contributed by atoms with van der Waals surface area (Å²) in [7, 11) is 0. The van der Waals surface area contributed by atoms with Crippen LogP contribution in [0.3, 0.4) is 0 Å². The van der Waals surface area contributed by atoms with E-state index in [1.807, 2.05) is 19.1 Å². The van der Waals surface area contributed by atoms with E-state index in [0.29, 0.717) is 17.9 Å². The molecule has 1 saturated heterocycles. The van der Waals surface area contributed by atoms with Crippen LogP contribution in [0.4, 0.5) is 0 Å². The zero-order valence-electron chi connectivity index (χ0n) is 8.90. The molecule has 0 aromatic carbocycles. The number of nitrogens with zero attached hydrogens (tertiary/aromatic N) is 1. The van der Waals surface area contributed by atoms with Crippen molar-refractivity contribution < 1.29 is 9.53 Å². The molecule has 0 radical (unpaired) electrons. The third-order valence-electron chi connectivity index (χ3n) is 2.73. The third-order valence-corrected chi connectivity index (χ3v) is 2.73. The van der Waals surface area contributed by atoms with Crippen LogP contribution < -0.4 is 0 Å². The maximum absolute atomic E-state index is 11.8. The second kappa shape index (κ2) is 4.53. The van der Waals surface area contributed by atoms with Gasteiger partial charge in [-0.1, -0.05) is 0 Å². The number of aromatic nitrogens is 1. The average molecular weight is 205 g/mol. The SMILES string of the molecule is Cc1ccc(C(=O)CC2CCOC2)cn1. The number of carbonyl (C=O) groups excluding carboxylic acids is 1. The molecule has 1 aromatic heterocycles. The van der Waals surface area contributed by atoms with Gasteiger partial charge in [0.2, 0.25) is 0 Å². The Kier molecular flexibility index (Phi) is 3.11. The number of aryl methyl sites for hydroxylation is 1. The maximum atomic E-state index is 11.8. The Labute approximate surface area is 89.5 Å². The predicted molar refractivity (Wildman–Crippen MR) is 56.8 cm³/mol. The van der Waals surface area contributed by atoms with Crippen LogP contribution in [0.5, 0.6) is 0 Å². The second-order valence-electron chi connectivity index (χ2n) is 4.05. The van der Waals surface area contributed by atoms with Crippen molar-refractivity contribution in [3.63, 3.8) is 0 Å². The Hall–Kier alpha value is -1.22. The lowest BCUT2D eigenvalue weighted by Gasteiger charge is -2.05. The topological polar surface area (TPSA) is 39.2 Å². The molecule has 1 aliphatic heterocycles. The first-order valence-electron chi connectivity index (χ1n) is 5.29. The van der Waals surface area contributed by atoms with Crippen LogP contribution in [0, 0.1) is 12.8 Å². The zero-order valence-corrected chi connectivity index (χ0v) is 8.90. The van der Waals surface area contributed by atoms with Crippen molar-refractivity contribution in [3.05, 3.63) is 29.6 Å². The molecular formula is C12H15NO2. The number of hydrogen-bond donors (Lipinski definition) is 0. The summed E-state index contributed by atoms with van der Waals surface area (Å²) >= 11 is 0. The van der Waals surface area contributed by atoms with E-state index in [4.69, 9.17) is 4.74 Å². The minimum atomic E-state index is 0.179. The molecule has 1 aliphatic rings. The van der Waals surface area contributed by atoms with Gasteiger partial charge in [0.05, 0.1) is 0 Å². The predicted octanol–water partition coefficient (Wildman–Crippen LogP) is 2.00. The van der Waals surface area contributed by atoms with Gasteiger partial charge in [0.25, 0.3) is 0 Å². The molecular weight excluding hydrogens is 190 g/mol. The molecule has 1 aromatic rings. The molecule has 2 rings (SSSR count). The highest BCUT2D eigenvalue weighted by molar-refractivity contribution is 5.95. The summed E-state index contributed by atoms with van der Waals surface area (Å²) in [4.78, 5) is 15.9. The van der Waals surface area contributed by atoms with Gasteiger partial charge in [-0.2, -0.15) is 0 Å². The normalized spacial score (nSPS) is 20.5. The van der Waals surface area contributed by atoms with E-state index in [9.17, 15) is 4.79 Å². The van der Waals surface area contributed by atoms with Gasteiger partial charge in [0.1, 0.15) is 0 Å². The highest BCUT2D eigenvalue weighted by Crippen LogP contribution is 2.18. The summed E-state index contributed by atoms with van der Waals surface area (Å²) in [6.45, 7) is 3.44. The van der Waals surface area contributed by atoms with E-state index in [2.05, 4.69) is 4.98 Å². The molecule has 0 amide bonds. The Balaban J connectivity index is 1.98. The fourth-order valence-corrected chi connectivity index (χ4v) is 1.76. The van der Waals surface area contributed by atoms with Gasteiger partial charge in [-0.15, -0.1) is 0 Å². The van der Waals surface area contributed by atoms with Gasteiger partial charge in [-0.25, -0.2) is 0 Å². The maximum Gasteiger partial charge on any atom is 0.164 e. The van der Waals surface area contributed by atoms with Crippen LogP contribution in [-0.4, -0.2) is 24.0 Å². The van der Waals surface area contributed by atoms with E-state index in [0.717, 1.165) is 25.3 Å². The fourth-order valence-electron chi connectivity index (χ4n) is 1.76. The lowest BCUT2D eigenvalue weighted by Crippen LogP contribution is -2.09. The quantitative estimate of drug-likeness (QED) is 0.708. The molecule has 1 unspecified atom stereocenters. The number of Topliss-reactive ketones (excluding diaryl/α,β-unsaturated/α-hetero) is 1. The summed E-state index contributed by atoms with van der Waals surface area (Å²) in [5, 5.41) is 0. The Morgan fingerprint density at radius 1 is 1.60 bits per heavy atom. The fraction of sp³-hybridized carbons (Fsp3) is 0.500. The third kappa shape index (κ3) is 2.63. The molecule has 3 nitrogen and oxygen atoms in total. The number of ketones is 1. The second-order valence-corrected chi connectivity index (χ2v) is 4.05. The summed E-state index contributed by atoms with van der Waals surface area (Å²) < 4.78 is 5.25. The number of pyridine rings is 1. The Bertz CT molecular complexity index is 339. The Morgan fingerprint density at radius 3 is 3.07 bits per heavy atom. The van der Waals surface area contributed by atoms with Crippen LogP contribution in [-0.2, 0) is 4.74 Å². The first-order valence-corrected chi connectivity index (χ1v) is 5.29. The first-order chi connectivity index (χ1) is 7.25. The Morgan fingerprint density at radius 2 is 2.47 bits per heavy atom. The van der Waals surface area contributed by atoms with Gasteiger partial charge in [-0.3, -0.25) is 9.78 Å². The van der Waals surface area contributed by atoms with Crippen molar-refractivity contribution in [2.24, 2.45) is 5.92 Å². The largest absolute Gasteiger partial charge is 0.381 e. The van der Waals surface area contributed by atoms with Crippen molar-refractivity contribution in [1.82, 2.24) is 4.98 Å². The highest BCUT2D eigenvalue weighted by Gasteiger charge is 2.19. The van der Waals surface area contributed by atoms with Gasteiger partial charge in [0, 0.05) is 37.1 Å². The molecule has 3 heteroatoms. The summed E-state index contributed by atoms with van der Waals surface area (Å²) in [5.74, 6) is 0.580. The summed E-state index contributed by atoms with van der Waals surface area (Å²) in [6, 6.07) is 3.72. The molecule has 0 N–H and O–H groups in total. The van der Waals surface area contributed by atoms with Gasteiger partial charge in [0.15, 0.2) is 5.78 Å². The van der Waals surface area contributed by atoms with E-state index >= 15 is 0 Å². The van der Waals surface area contributed by atoms with Crippen molar-refractivity contribution in [2.75, 3.05) is 13.2 Å². The molecule has 0 bridgehead atoms. The molecule has 1 atom stereocenters. The minimum Gasteiger partial charge on any atom is -0.381 e. The highest BCUT2D eigenvalue weighted by atomic mass is 16.5. The van der Waals surface area contributed by atoms with E-state index < -0.39 is 0 Å². The van der Waals surface area contributed by atoms with Crippen molar-refractivity contribution in [3.8, 4) is 0 Å². The summed E-state index contributed by atoms with van der Waals surface area (Å²) in [5.41, 5.74) is 1.66. The first kappa shape index (κ1) is 10.3. The van der Waals surface area contributed by atoms with Crippen molar-refractivity contribution in [1.29, 1.82) is 0 Å². The summed E-state index contributed by atoms with van der Waals surface area (Å²) in [6.07, 6.45) is 3.25. The van der Waals surface area contributed by atoms with E-state index in [1.54, 1.807) is 6.20 Å². The molecule has 0 saturated carbocycles. The zero-order chi connectivity index (χ0) is 10.7. The van der Waals surface area contributed by atoms with E-state index in [1.165, 1.54) is 0 Å². The monoisotopic (exact) mass is 205 g/mol. The molecule has 80 valence electrons. The molecule has 2 heterocycles. The van der Waals surface area contributed by atoms with Crippen molar-refractivity contribution in [2.45, 2.75) is 19.8 Å².